The summed E-state index contributed by atoms with van der Waals surface area (Å²) < 4.78 is 55.8. The number of hydrogen-bond acceptors (Lipinski definition) is 5. The van der Waals surface area contributed by atoms with Crippen molar-refractivity contribution >= 4 is 15.9 Å². The lowest BCUT2D eigenvalue weighted by Gasteiger charge is -2.37. The third kappa shape index (κ3) is 7.72. The first kappa shape index (κ1) is 32.2. The molecule has 1 aliphatic heterocycles. The number of carbonyl (C=O) groups excluding carboxylic acids is 1. The van der Waals surface area contributed by atoms with Crippen LogP contribution in [0.15, 0.2) is 83.8 Å². The average Bonchev–Trinajstić information content (AvgIpc) is 3.04. The lowest BCUT2D eigenvalue weighted by molar-refractivity contribution is -0.124. The molecule has 44 heavy (non-hydrogen) atoms. The van der Waals surface area contributed by atoms with Crippen molar-refractivity contribution in [2.45, 2.75) is 73.9 Å². The van der Waals surface area contributed by atoms with Crippen LogP contribution in [-0.4, -0.2) is 56.4 Å². The van der Waals surface area contributed by atoms with E-state index in [0.29, 0.717) is 35.7 Å². The second-order valence-corrected chi connectivity index (χ2v) is 13.9. The number of halogens is 2. The number of nitrogens with two attached hydrogens (primary N) is 1. The van der Waals surface area contributed by atoms with Crippen molar-refractivity contribution in [1.82, 2.24) is 14.9 Å². The molecule has 4 N–H and O–H groups in total. The lowest BCUT2D eigenvalue weighted by atomic mass is 9.80. The second-order valence-electron chi connectivity index (χ2n) is 12.0. The van der Waals surface area contributed by atoms with E-state index >= 15 is 0 Å². The Kier molecular flexibility index (Phi) is 10.8. The van der Waals surface area contributed by atoms with E-state index in [2.05, 4.69) is 10.6 Å². The molecule has 1 amide bonds. The Balaban J connectivity index is 1.23. The molecule has 0 aromatic heterocycles. The minimum atomic E-state index is -3.58. The monoisotopic (exact) mass is 624 g/mol. The van der Waals surface area contributed by atoms with Gasteiger partial charge in [0.2, 0.25) is 15.9 Å². The average molecular weight is 625 g/mol. The Labute approximate surface area is 259 Å². The maximum atomic E-state index is 13.7. The fourth-order valence-electron chi connectivity index (χ4n) is 6.77. The van der Waals surface area contributed by atoms with Gasteiger partial charge < -0.3 is 16.4 Å². The summed E-state index contributed by atoms with van der Waals surface area (Å²) in [6.07, 6.45) is 6.35. The van der Waals surface area contributed by atoms with Gasteiger partial charge in [-0.2, -0.15) is 4.31 Å². The molecule has 0 radical (unpaired) electrons. The quantitative estimate of drug-likeness (QED) is 0.281. The van der Waals surface area contributed by atoms with E-state index in [0.717, 1.165) is 44.9 Å². The first-order valence-electron chi connectivity index (χ1n) is 15.6. The van der Waals surface area contributed by atoms with Gasteiger partial charge in [-0.3, -0.25) is 4.79 Å². The van der Waals surface area contributed by atoms with Gasteiger partial charge in [0.1, 0.15) is 11.6 Å². The summed E-state index contributed by atoms with van der Waals surface area (Å²) in [5, 5.41) is 6.57. The highest BCUT2D eigenvalue weighted by molar-refractivity contribution is 7.89. The predicted octanol–water partition coefficient (Wildman–Crippen LogP) is 4.93. The van der Waals surface area contributed by atoms with Crippen LogP contribution < -0.4 is 16.4 Å². The van der Waals surface area contributed by atoms with Crippen molar-refractivity contribution in [3.8, 4) is 0 Å². The molecule has 1 saturated carbocycles. The number of nitrogens with one attached hydrogen (secondary N) is 2. The molecule has 5 rings (SSSR count). The van der Waals surface area contributed by atoms with Gasteiger partial charge in [-0.05, 0) is 79.1 Å². The number of rotatable bonds is 11. The SMILES string of the molecule is NC(C(=O)NC1CCCCC1CCCC1CNCCN1S(=O)(=O)c1ccccc1)C(c1ccc(F)cc1)c1ccc(F)cc1. The second kappa shape index (κ2) is 14.7. The zero-order chi connectivity index (χ0) is 31.1. The highest BCUT2D eigenvalue weighted by Gasteiger charge is 2.35. The summed E-state index contributed by atoms with van der Waals surface area (Å²) in [4.78, 5) is 13.9. The standard InChI is InChI=1S/C34H42F2N4O3S/c35-27-17-13-25(14-18-27)32(26-15-19-28(36)20-16-26)33(37)34(41)39-31-12-5-4-7-24(31)8-6-9-29-23-38-21-22-40(29)44(42,43)30-10-2-1-3-11-30/h1-3,10-11,13-20,24,29,31-33,38H,4-9,12,21-23,37H2,(H,39,41). The normalized spacial score (nSPS) is 22.0. The molecule has 2 fully saturated rings. The van der Waals surface area contributed by atoms with Crippen LogP contribution in [0, 0.1) is 17.6 Å². The van der Waals surface area contributed by atoms with Crippen molar-refractivity contribution in [1.29, 1.82) is 0 Å². The van der Waals surface area contributed by atoms with Gasteiger partial charge in [0.05, 0.1) is 10.9 Å². The number of nitrogens with zero attached hydrogens (tertiary/aromatic N) is 1. The van der Waals surface area contributed by atoms with E-state index in [1.54, 1.807) is 52.8 Å². The van der Waals surface area contributed by atoms with E-state index in [4.69, 9.17) is 5.73 Å². The smallest absolute Gasteiger partial charge is 0.243 e. The van der Waals surface area contributed by atoms with Gasteiger partial charge in [0.25, 0.3) is 0 Å². The molecule has 2 aliphatic rings. The number of amides is 1. The van der Waals surface area contributed by atoms with Crippen LogP contribution in [-0.2, 0) is 14.8 Å². The van der Waals surface area contributed by atoms with Crippen molar-refractivity contribution in [3.63, 3.8) is 0 Å². The van der Waals surface area contributed by atoms with Crippen molar-refractivity contribution in [2.75, 3.05) is 19.6 Å². The Morgan fingerprint density at radius 1 is 0.909 bits per heavy atom. The Morgan fingerprint density at radius 3 is 2.16 bits per heavy atom. The van der Waals surface area contributed by atoms with Gasteiger partial charge in [0, 0.05) is 37.6 Å². The molecule has 10 heteroatoms. The molecule has 0 spiro atoms. The molecule has 4 atom stereocenters. The van der Waals surface area contributed by atoms with Crippen LogP contribution >= 0.6 is 0 Å². The minimum absolute atomic E-state index is 0.0435. The molecular weight excluding hydrogens is 582 g/mol. The summed E-state index contributed by atoms with van der Waals surface area (Å²) in [6, 6.07) is 19.2. The Bertz CT molecular complexity index is 1430. The summed E-state index contributed by atoms with van der Waals surface area (Å²) in [7, 11) is -3.58. The van der Waals surface area contributed by atoms with Crippen molar-refractivity contribution < 1.29 is 22.0 Å². The Morgan fingerprint density at radius 2 is 1.52 bits per heavy atom. The van der Waals surface area contributed by atoms with Crippen molar-refractivity contribution in [2.24, 2.45) is 11.7 Å². The van der Waals surface area contributed by atoms with Gasteiger partial charge in [-0.1, -0.05) is 61.7 Å². The molecular formula is C34H42F2N4O3S. The molecule has 236 valence electrons. The highest BCUT2D eigenvalue weighted by atomic mass is 32.2. The van der Waals surface area contributed by atoms with E-state index in [9.17, 15) is 22.0 Å². The maximum absolute atomic E-state index is 13.7. The summed E-state index contributed by atoms with van der Waals surface area (Å²) in [6.45, 7) is 1.67. The first-order valence-corrected chi connectivity index (χ1v) is 17.0. The summed E-state index contributed by atoms with van der Waals surface area (Å²) >= 11 is 0. The van der Waals surface area contributed by atoms with Crippen LogP contribution in [0.1, 0.15) is 62.0 Å². The van der Waals surface area contributed by atoms with Gasteiger partial charge in [-0.15, -0.1) is 0 Å². The largest absolute Gasteiger partial charge is 0.352 e. The fourth-order valence-corrected chi connectivity index (χ4v) is 8.45. The van der Waals surface area contributed by atoms with Crippen LogP contribution in [0.2, 0.25) is 0 Å². The first-order chi connectivity index (χ1) is 21.2. The van der Waals surface area contributed by atoms with Crippen LogP contribution in [0.3, 0.4) is 0 Å². The van der Waals surface area contributed by atoms with Gasteiger partial charge in [-0.25, -0.2) is 17.2 Å². The Hall–Kier alpha value is -3.18. The number of hydrogen-bond donors (Lipinski definition) is 3. The topological polar surface area (TPSA) is 105 Å². The van der Waals surface area contributed by atoms with E-state index in [1.165, 1.54) is 24.3 Å². The molecule has 1 aliphatic carbocycles. The number of benzene rings is 3. The summed E-state index contributed by atoms with van der Waals surface area (Å²) in [5.41, 5.74) is 7.95. The third-order valence-electron chi connectivity index (χ3n) is 9.12. The maximum Gasteiger partial charge on any atom is 0.243 e. The van der Waals surface area contributed by atoms with E-state index in [1.807, 2.05) is 6.07 Å². The van der Waals surface area contributed by atoms with Crippen molar-refractivity contribution in [3.05, 3.63) is 102 Å². The number of piperazine rings is 1. The highest BCUT2D eigenvalue weighted by Crippen LogP contribution is 2.32. The van der Waals surface area contributed by atoms with Crippen LogP contribution in [0.25, 0.3) is 0 Å². The zero-order valence-corrected chi connectivity index (χ0v) is 25.7. The van der Waals surface area contributed by atoms with E-state index < -0.39 is 22.0 Å². The van der Waals surface area contributed by atoms with Crippen LogP contribution in [0.5, 0.6) is 0 Å². The molecule has 7 nitrogen and oxygen atoms in total. The molecule has 4 unspecified atom stereocenters. The predicted molar refractivity (Wildman–Crippen MR) is 167 cm³/mol. The van der Waals surface area contributed by atoms with Crippen LogP contribution in [0.4, 0.5) is 8.78 Å². The van der Waals surface area contributed by atoms with E-state index in [-0.39, 0.29) is 35.5 Å². The zero-order valence-electron chi connectivity index (χ0n) is 24.9. The third-order valence-corrected chi connectivity index (χ3v) is 11.1. The molecule has 1 saturated heterocycles. The van der Waals surface area contributed by atoms with Gasteiger partial charge >= 0.3 is 0 Å². The molecule has 0 bridgehead atoms. The molecule has 3 aromatic rings. The number of sulfonamides is 1. The molecule has 1 heterocycles. The summed E-state index contributed by atoms with van der Waals surface area (Å²) in [5.74, 6) is -1.39. The molecule has 3 aromatic carbocycles. The lowest BCUT2D eigenvalue weighted by Crippen LogP contribution is -2.53. The fraction of sp³-hybridized carbons (Fsp3) is 0.441. The van der Waals surface area contributed by atoms with Gasteiger partial charge in [0.15, 0.2) is 0 Å². The minimum Gasteiger partial charge on any atom is -0.352 e. The number of carbonyl (C=O) groups is 1.